The van der Waals surface area contributed by atoms with Gasteiger partial charge in [-0.2, -0.15) is 13.2 Å². The minimum absolute atomic E-state index is 0.0613. The Labute approximate surface area is 127 Å². The van der Waals surface area contributed by atoms with Gasteiger partial charge in [0, 0.05) is 17.8 Å². The number of fused-ring (bicyclic) bond motifs is 1. The molecule has 3 heterocycles. The van der Waals surface area contributed by atoms with Gasteiger partial charge in [-0.15, -0.1) is 5.10 Å². The third kappa shape index (κ3) is 3.30. The van der Waals surface area contributed by atoms with E-state index in [1.807, 2.05) is 0 Å². The molecule has 3 rings (SSSR count). The van der Waals surface area contributed by atoms with Crippen LogP contribution in [-0.2, 0) is 23.9 Å². The van der Waals surface area contributed by atoms with E-state index in [0.29, 0.717) is 0 Å². The van der Waals surface area contributed by atoms with Crippen LogP contribution >= 0.6 is 0 Å². The first-order chi connectivity index (χ1) is 10.9. The largest absolute Gasteiger partial charge is 0.453 e. The van der Waals surface area contributed by atoms with Crippen LogP contribution in [-0.4, -0.2) is 31.1 Å². The van der Waals surface area contributed by atoms with E-state index in [-0.39, 0.29) is 24.7 Å². The van der Waals surface area contributed by atoms with E-state index in [2.05, 4.69) is 30.5 Å². The van der Waals surface area contributed by atoms with Gasteiger partial charge in [0.15, 0.2) is 0 Å². The molecule has 0 aliphatic rings. The molecule has 0 aliphatic heterocycles. The molecular weight excluding hydrogens is 313 g/mol. The Morgan fingerprint density at radius 2 is 2.17 bits per heavy atom. The number of aromatic amines is 2. The molecule has 3 N–H and O–H groups in total. The van der Waals surface area contributed by atoms with Crippen molar-refractivity contribution in [3.05, 3.63) is 41.9 Å². The quantitative estimate of drug-likeness (QED) is 0.678. The van der Waals surface area contributed by atoms with Crippen LogP contribution in [0.4, 0.5) is 13.2 Å². The van der Waals surface area contributed by atoms with Crippen molar-refractivity contribution in [1.82, 2.24) is 30.5 Å². The van der Waals surface area contributed by atoms with Gasteiger partial charge in [0.2, 0.25) is 5.91 Å². The van der Waals surface area contributed by atoms with Gasteiger partial charge in [0.25, 0.3) is 5.82 Å². The van der Waals surface area contributed by atoms with Crippen LogP contribution in [0.1, 0.15) is 17.2 Å². The summed E-state index contributed by atoms with van der Waals surface area (Å²) in [4.78, 5) is 22.1. The minimum atomic E-state index is -4.61. The van der Waals surface area contributed by atoms with Gasteiger partial charge in [-0.3, -0.25) is 14.9 Å². The highest BCUT2D eigenvalue weighted by molar-refractivity contribution is 5.88. The fourth-order valence-corrected chi connectivity index (χ4v) is 2.10. The zero-order valence-corrected chi connectivity index (χ0v) is 11.6. The molecule has 3 aromatic rings. The van der Waals surface area contributed by atoms with E-state index >= 15 is 0 Å². The molecule has 7 nitrogen and oxygen atoms in total. The molecule has 0 bridgehead atoms. The SMILES string of the molecule is O=C(Cc1c[nH]c2cnccc12)NCc1nc(C(F)(F)F)n[nH]1. The maximum Gasteiger partial charge on any atom is 0.453 e. The average molecular weight is 324 g/mol. The summed E-state index contributed by atoms with van der Waals surface area (Å²) < 4.78 is 37.1. The number of halogens is 3. The Balaban J connectivity index is 1.61. The zero-order chi connectivity index (χ0) is 16.4. The van der Waals surface area contributed by atoms with Crippen LogP contribution in [0.5, 0.6) is 0 Å². The first-order valence-corrected chi connectivity index (χ1v) is 6.58. The molecule has 0 unspecified atom stereocenters. The van der Waals surface area contributed by atoms with Gasteiger partial charge in [-0.1, -0.05) is 0 Å². The number of nitrogens with zero attached hydrogens (tertiary/aromatic N) is 3. The van der Waals surface area contributed by atoms with E-state index in [4.69, 9.17) is 0 Å². The van der Waals surface area contributed by atoms with Crippen LogP contribution in [0, 0.1) is 0 Å². The first-order valence-electron chi connectivity index (χ1n) is 6.58. The van der Waals surface area contributed by atoms with Gasteiger partial charge in [-0.25, -0.2) is 4.98 Å². The summed E-state index contributed by atoms with van der Waals surface area (Å²) in [6.45, 7) is -0.161. The zero-order valence-electron chi connectivity index (χ0n) is 11.6. The lowest BCUT2D eigenvalue weighted by Gasteiger charge is -2.02. The van der Waals surface area contributed by atoms with Crippen LogP contribution in [0.2, 0.25) is 0 Å². The summed E-state index contributed by atoms with van der Waals surface area (Å²) >= 11 is 0. The number of hydrogen-bond donors (Lipinski definition) is 3. The summed E-state index contributed by atoms with van der Waals surface area (Å²) in [5, 5.41) is 8.57. The lowest BCUT2D eigenvalue weighted by Crippen LogP contribution is -2.25. The molecule has 0 spiro atoms. The van der Waals surface area contributed by atoms with Crippen molar-refractivity contribution in [2.24, 2.45) is 0 Å². The average Bonchev–Trinajstić information content (AvgIpc) is 3.12. The third-order valence-electron chi connectivity index (χ3n) is 3.16. The second-order valence-electron chi connectivity index (χ2n) is 4.79. The topological polar surface area (TPSA) is 99.3 Å². The van der Waals surface area contributed by atoms with Gasteiger partial charge in [-0.05, 0) is 11.6 Å². The number of alkyl halides is 3. The Hall–Kier alpha value is -2.91. The van der Waals surface area contributed by atoms with Crippen molar-refractivity contribution >= 4 is 16.8 Å². The number of carbonyl (C=O) groups excluding carboxylic acids is 1. The molecule has 0 fully saturated rings. The minimum Gasteiger partial charge on any atom is -0.360 e. The number of pyridine rings is 1. The Morgan fingerprint density at radius 3 is 2.91 bits per heavy atom. The maximum atomic E-state index is 12.4. The van der Waals surface area contributed by atoms with E-state index < -0.39 is 12.0 Å². The smallest absolute Gasteiger partial charge is 0.360 e. The Bertz CT molecular complexity index is 837. The van der Waals surface area contributed by atoms with E-state index in [9.17, 15) is 18.0 Å². The van der Waals surface area contributed by atoms with E-state index in [1.54, 1.807) is 24.7 Å². The summed E-state index contributed by atoms with van der Waals surface area (Å²) in [6, 6.07) is 1.78. The summed E-state index contributed by atoms with van der Waals surface area (Å²) in [5.41, 5.74) is 1.58. The number of nitrogens with one attached hydrogen (secondary N) is 3. The predicted octanol–water partition coefficient (Wildman–Crippen LogP) is 1.56. The Morgan fingerprint density at radius 1 is 1.35 bits per heavy atom. The van der Waals surface area contributed by atoms with Crippen LogP contribution in [0.25, 0.3) is 10.9 Å². The molecule has 1 amide bonds. The van der Waals surface area contributed by atoms with E-state index in [1.165, 1.54) is 0 Å². The molecule has 0 radical (unpaired) electrons. The first kappa shape index (κ1) is 15.0. The van der Waals surface area contributed by atoms with Gasteiger partial charge < -0.3 is 10.3 Å². The lowest BCUT2D eigenvalue weighted by atomic mass is 10.1. The molecule has 3 aromatic heterocycles. The number of aromatic nitrogens is 5. The lowest BCUT2D eigenvalue weighted by molar-refractivity contribution is -0.144. The highest BCUT2D eigenvalue weighted by Gasteiger charge is 2.35. The van der Waals surface area contributed by atoms with Gasteiger partial charge >= 0.3 is 6.18 Å². The fraction of sp³-hybridized carbons (Fsp3) is 0.231. The molecule has 120 valence electrons. The van der Waals surface area contributed by atoms with Crippen molar-refractivity contribution in [3.8, 4) is 0 Å². The number of rotatable bonds is 4. The predicted molar refractivity (Wildman–Crippen MR) is 73.0 cm³/mol. The van der Waals surface area contributed by atoms with Crippen molar-refractivity contribution in [1.29, 1.82) is 0 Å². The molecule has 0 aromatic carbocycles. The number of carbonyl (C=O) groups is 1. The summed E-state index contributed by atoms with van der Waals surface area (Å²) in [5.74, 6) is -1.66. The standard InChI is InChI=1S/C13H11F3N6O/c14-13(15,16)12-20-10(21-22-12)6-19-11(23)3-7-4-18-9-5-17-2-1-8(7)9/h1-2,4-5,18H,3,6H2,(H,19,23)(H,20,21,22). The number of H-pyrrole nitrogens is 2. The maximum absolute atomic E-state index is 12.4. The third-order valence-corrected chi connectivity index (χ3v) is 3.16. The van der Waals surface area contributed by atoms with Crippen LogP contribution < -0.4 is 5.32 Å². The highest BCUT2D eigenvalue weighted by Crippen LogP contribution is 2.25. The second-order valence-corrected chi connectivity index (χ2v) is 4.79. The molecule has 10 heteroatoms. The normalized spacial score (nSPS) is 11.8. The second kappa shape index (κ2) is 5.71. The number of amides is 1. The number of hydrogen-bond acceptors (Lipinski definition) is 4. The van der Waals surface area contributed by atoms with Crippen LogP contribution in [0.3, 0.4) is 0 Å². The van der Waals surface area contributed by atoms with E-state index in [0.717, 1.165) is 16.5 Å². The molecule has 0 aliphatic carbocycles. The Kier molecular flexibility index (Phi) is 3.72. The van der Waals surface area contributed by atoms with Crippen molar-refractivity contribution in [2.45, 2.75) is 19.1 Å². The highest BCUT2D eigenvalue weighted by atomic mass is 19.4. The van der Waals surface area contributed by atoms with Gasteiger partial charge in [0.1, 0.15) is 5.82 Å². The van der Waals surface area contributed by atoms with Crippen LogP contribution in [0.15, 0.2) is 24.7 Å². The fourth-order valence-electron chi connectivity index (χ4n) is 2.10. The monoisotopic (exact) mass is 324 g/mol. The molecule has 0 saturated carbocycles. The molecular formula is C13H11F3N6O. The summed E-state index contributed by atoms with van der Waals surface area (Å²) in [7, 11) is 0. The molecule has 23 heavy (non-hydrogen) atoms. The van der Waals surface area contributed by atoms with Gasteiger partial charge in [0.05, 0.1) is 24.7 Å². The molecule has 0 atom stereocenters. The van der Waals surface area contributed by atoms with Crippen molar-refractivity contribution in [3.63, 3.8) is 0 Å². The van der Waals surface area contributed by atoms with Crippen molar-refractivity contribution in [2.75, 3.05) is 0 Å². The summed E-state index contributed by atoms with van der Waals surface area (Å²) in [6.07, 6.45) is 0.429. The van der Waals surface area contributed by atoms with Crippen molar-refractivity contribution < 1.29 is 18.0 Å². The molecule has 0 saturated heterocycles.